The summed E-state index contributed by atoms with van der Waals surface area (Å²) in [6, 6.07) is 0. The van der Waals surface area contributed by atoms with Gasteiger partial charge < -0.3 is 34.1 Å². The van der Waals surface area contributed by atoms with Crippen LogP contribution in [0.1, 0.15) is 126 Å². The summed E-state index contributed by atoms with van der Waals surface area (Å²) in [5.41, 5.74) is 0.153. The first-order valence-corrected chi connectivity index (χ1v) is 20.0. The van der Waals surface area contributed by atoms with Gasteiger partial charge in [0.2, 0.25) is 5.91 Å². The Balaban J connectivity index is 0.00000136. The zero-order valence-electron chi connectivity index (χ0n) is 31.7. The van der Waals surface area contributed by atoms with Crippen LogP contribution in [0.15, 0.2) is 0 Å². The molecule has 3 saturated heterocycles. The predicted molar refractivity (Wildman–Crippen MR) is 194 cm³/mol. The Bertz CT molecular complexity index is 1190. The molecule has 10 unspecified atom stereocenters. The van der Waals surface area contributed by atoms with Crippen molar-refractivity contribution in [2.45, 2.75) is 162 Å². The molecule has 8 fully saturated rings. The summed E-state index contributed by atoms with van der Waals surface area (Å²) < 4.78 is 25.2. The van der Waals surface area contributed by atoms with Crippen LogP contribution >= 0.6 is 13.5 Å². The van der Waals surface area contributed by atoms with Crippen molar-refractivity contribution in [1.29, 1.82) is 0 Å². The summed E-state index contributed by atoms with van der Waals surface area (Å²) in [6.45, 7) is 18.1. The van der Waals surface area contributed by atoms with Crippen LogP contribution in [0, 0.1) is 51.2 Å². The van der Waals surface area contributed by atoms with Crippen molar-refractivity contribution in [2.24, 2.45) is 51.2 Å². The third-order valence-corrected chi connectivity index (χ3v) is 15.9. The highest BCUT2D eigenvalue weighted by Crippen LogP contribution is 2.87. The van der Waals surface area contributed by atoms with Crippen molar-refractivity contribution in [3.63, 3.8) is 0 Å². The maximum atomic E-state index is 13.3. The molecule has 3 aliphatic heterocycles. The maximum Gasteiger partial charge on any atom is 0.226 e. The molecule has 5 saturated carbocycles. The van der Waals surface area contributed by atoms with E-state index in [1.165, 1.54) is 38.5 Å². The average molecular weight is 708 g/mol. The van der Waals surface area contributed by atoms with Crippen molar-refractivity contribution >= 4 is 19.4 Å². The van der Waals surface area contributed by atoms with Gasteiger partial charge in [-0.05, 0) is 136 Å². The van der Waals surface area contributed by atoms with Gasteiger partial charge in [0, 0.05) is 25.7 Å². The number of aliphatic hydroxyl groups excluding tert-OH is 1. The van der Waals surface area contributed by atoms with Crippen molar-refractivity contribution in [3.05, 3.63) is 0 Å². The molecule has 0 radical (unpaired) electrons. The number of aliphatic hydroxyl groups is 2. The number of hydrogen-bond donors (Lipinski definition) is 2. The third-order valence-electron chi connectivity index (χ3n) is 15.9. The van der Waals surface area contributed by atoms with Gasteiger partial charge in [0.05, 0.1) is 37.1 Å². The molecule has 0 aromatic heterocycles. The van der Waals surface area contributed by atoms with E-state index in [9.17, 15) is 15.0 Å². The summed E-state index contributed by atoms with van der Waals surface area (Å²) >= 11 is 0. The summed E-state index contributed by atoms with van der Waals surface area (Å²) in [7, 11) is 0. The first kappa shape index (κ1) is 38.3. The average Bonchev–Trinajstić information content (AvgIpc) is 3.66. The molecule has 9 heteroatoms. The zero-order chi connectivity index (χ0) is 34.3. The highest BCUT2D eigenvalue weighted by Gasteiger charge is 2.80. The highest BCUT2D eigenvalue weighted by atomic mass is 32.1. The lowest BCUT2D eigenvalue weighted by molar-refractivity contribution is -0.245. The summed E-state index contributed by atoms with van der Waals surface area (Å²) in [5.74, 6) is 3.03. The van der Waals surface area contributed by atoms with Crippen LogP contribution in [-0.2, 0) is 23.7 Å². The second kappa shape index (κ2) is 13.8. The van der Waals surface area contributed by atoms with Crippen molar-refractivity contribution < 1.29 is 34.0 Å². The van der Waals surface area contributed by atoms with Gasteiger partial charge in [-0.2, -0.15) is 13.5 Å². The number of carbonyl (C=O) groups is 1. The van der Waals surface area contributed by atoms with Crippen LogP contribution < -0.4 is 0 Å². The van der Waals surface area contributed by atoms with E-state index in [1.54, 1.807) is 13.8 Å². The molecular weight excluding hydrogens is 639 g/mol. The van der Waals surface area contributed by atoms with E-state index in [0.29, 0.717) is 66.9 Å². The lowest BCUT2D eigenvalue weighted by Gasteiger charge is -2.60. The highest BCUT2D eigenvalue weighted by molar-refractivity contribution is 7.59. The standard InChI is InChI=1S/C38H61NO7.C2H6.H2S/c1-34(2)29-9-7-24-26-20-28-25(6-8-27(45-28)32(40)35(3,4)42)36(26,5)14-15-37(24)22-38(29,37)13-10-30(34)46-31-21-39(16-19-44-31)33(41)23-11-17-43-18-12-23;1-2;/h23-32,40,42H,6-22H2,1-5H3;1-2H3;1H2/t24?,25?,26?,27?,28?,29?,30-,31?,32-,36?,37?,38?;;/m0../s1. The van der Waals surface area contributed by atoms with Gasteiger partial charge in [-0.3, -0.25) is 4.79 Å². The number of amides is 1. The molecule has 2 spiro atoms. The quantitative estimate of drug-likeness (QED) is 0.339. The van der Waals surface area contributed by atoms with Gasteiger partial charge in [-0.25, -0.2) is 0 Å². The molecule has 1 amide bonds. The minimum Gasteiger partial charge on any atom is -0.388 e. The smallest absolute Gasteiger partial charge is 0.226 e. The lowest BCUT2D eigenvalue weighted by Crippen LogP contribution is -2.56. The minimum atomic E-state index is -1.14. The fourth-order valence-corrected chi connectivity index (χ4v) is 13.5. The molecule has 0 aromatic carbocycles. The maximum absolute atomic E-state index is 13.3. The topological polar surface area (TPSA) is 97.7 Å². The number of hydrogen-bond acceptors (Lipinski definition) is 7. The molecule has 12 atom stereocenters. The van der Waals surface area contributed by atoms with Crippen LogP contribution in [0.5, 0.6) is 0 Å². The Morgan fingerprint density at radius 3 is 2.33 bits per heavy atom. The van der Waals surface area contributed by atoms with Crippen molar-refractivity contribution in [2.75, 3.05) is 32.9 Å². The normalized spacial score (nSPS) is 46.3. The largest absolute Gasteiger partial charge is 0.388 e. The van der Waals surface area contributed by atoms with Gasteiger partial charge >= 0.3 is 0 Å². The molecule has 3 heterocycles. The van der Waals surface area contributed by atoms with Gasteiger partial charge in [0.1, 0.15) is 6.10 Å². The monoisotopic (exact) mass is 707 g/mol. The molecule has 8 nitrogen and oxygen atoms in total. The molecule has 49 heavy (non-hydrogen) atoms. The number of nitrogens with zero attached hydrogens (tertiary/aromatic N) is 1. The second-order valence-electron chi connectivity index (χ2n) is 18.5. The van der Waals surface area contributed by atoms with Crippen molar-refractivity contribution in [3.8, 4) is 0 Å². The van der Waals surface area contributed by atoms with Crippen molar-refractivity contribution in [1.82, 2.24) is 4.90 Å². The number of rotatable bonds is 5. The fraction of sp³-hybridized carbons (Fsp3) is 0.975. The first-order chi connectivity index (χ1) is 22.8. The Morgan fingerprint density at radius 2 is 1.61 bits per heavy atom. The molecule has 8 rings (SSSR count). The molecule has 282 valence electrons. The van der Waals surface area contributed by atoms with Gasteiger partial charge in [-0.1, -0.05) is 34.6 Å². The summed E-state index contributed by atoms with van der Waals surface area (Å²) in [5, 5.41) is 21.4. The van der Waals surface area contributed by atoms with E-state index in [0.717, 1.165) is 44.4 Å². The lowest BCUT2D eigenvalue weighted by atomic mass is 9.46. The molecule has 2 N–H and O–H groups in total. The number of ether oxygens (including phenoxy) is 4. The van der Waals surface area contributed by atoms with E-state index in [2.05, 4.69) is 20.8 Å². The Kier molecular flexibility index (Phi) is 10.8. The third kappa shape index (κ3) is 6.07. The van der Waals surface area contributed by atoms with Crippen LogP contribution in [0.25, 0.3) is 0 Å². The van der Waals surface area contributed by atoms with Gasteiger partial charge in [0.15, 0.2) is 6.29 Å². The Morgan fingerprint density at radius 1 is 0.898 bits per heavy atom. The van der Waals surface area contributed by atoms with Gasteiger partial charge in [0.25, 0.3) is 0 Å². The van der Waals surface area contributed by atoms with E-state index in [-0.39, 0.29) is 55.3 Å². The SMILES string of the molecule is CC.CC12CCC34CC35CC[C@H](OC3CN(C(=O)C6CCOCC6)CCO3)C(C)(C)C5CCC4C1CC1OC([C@H](O)C(C)(C)O)CCC12.S. The molecule has 0 bridgehead atoms. The van der Waals surface area contributed by atoms with Gasteiger partial charge in [-0.15, -0.1) is 0 Å². The predicted octanol–water partition coefficient (Wildman–Crippen LogP) is 6.46. The number of carbonyl (C=O) groups excluding carboxylic acids is 1. The number of fused-ring (bicyclic) bond motifs is 4. The van der Waals surface area contributed by atoms with E-state index >= 15 is 0 Å². The zero-order valence-corrected chi connectivity index (χ0v) is 32.7. The fourth-order valence-electron chi connectivity index (χ4n) is 13.5. The van der Waals surface area contributed by atoms with Crippen LogP contribution in [0.2, 0.25) is 0 Å². The Labute approximate surface area is 303 Å². The molecule has 8 aliphatic rings. The summed E-state index contributed by atoms with van der Waals surface area (Å²) in [4.78, 5) is 15.3. The second-order valence-corrected chi connectivity index (χ2v) is 18.5. The van der Waals surface area contributed by atoms with E-state index < -0.39 is 11.7 Å². The van der Waals surface area contributed by atoms with Crippen LogP contribution in [0.4, 0.5) is 0 Å². The molecule has 5 aliphatic carbocycles. The van der Waals surface area contributed by atoms with E-state index in [1.807, 2.05) is 18.7 Å². The summed E-state index contributed by atoms with van der Waals surface area (Å²) in [6.07, 6.45) is 12.6. The van der Waals surface area contributed by atoms with Crippen LogP contribution in [-0.4, -0.2) is 90.2 Å². The van der Waals surface area contributed by atoms with E-state index in [4.69, 9.17) is 18.9 Å². The molecule has 0 aromatic rings. The first-order valence-electron chi connectivity index (χ1n) is 20.0. The number of morpholine rings is 1. The van der Waals surface area contributed by atoms with Crippen LogP contribution in [0.3, 0.4) is 0 Å². The minimum absolute atomic E-state index is 0. The molecular formula is C40H69NO7S. The Hall–Kier alpha value is -0.420.